The lowest BCUT2D eigenvalue weighted by molar-refractivity contribution is -0.129. The Balaban J connectivity index is 1.59. The molecular formula is C20H25N7O2. The highest BCUT2D eigenvalue weighted by molar-refractivity contribution is 5.87. The molecule has 0 spiro atoms. The van der Waals surface area contributed by atoms with E-state index in [9.17, 15) is 4.79 Å². The summed E-state index contributed by atoms with van der Waals surface area (Å²) < 4.78 is 8.13. The second-order valence-electron chi connectivity index (χ2n) is 7.21. The van der Waals surface area contributed by atoms with Crippen LogP contribution in [0.1, 0.15) is 20.3 Å². The van der Waals surface area contributed by atoms with Gasteiger partial charge in [0.1, 0.15) is 11.8 Å². The quantitative estimate of drug-likeness (QED) is 0.623. The van der Waals surface area contributed by atoms with Crippen LogP contribution < -0.4 is 10.1 Å². The highest BCUT2D eigenvalue weighted by Gasteiger charge is 2.30. The number of H-pyrrole nitrogens is 1. The lowest BCUT2D eigenvalue weighted by Gasteiger charge is -2.36. The minimum atomic E-state index is -0.156. The predicted octanol–water partition coefficient (Wildman–Crippen LogP) is 2.72. The summed E-state index contributed by atoms with van der Waals surface area (Å²) in [5.41, 5.74) is 1.49. The van der Waals surface area contributed by atoms with Crippen molar-refractivity contribution >= 4 is 28.6 Å². The van der Waals surface area contributed by atoms with E-state index < -0.39 is 0 Å². The number of carbonyl (C=O) groups is 1. The van der Waals surface area contributed by atoms with Crippen LogP contribution in [-0.4, -0.2) is 54.7 Å². The second-order valence-corrected chi connectivity index (χ2v) is 7.21. The lowest BCUT2D eigenvalue weighted by atomic mass is 9.95. The molecule has 1 amide bonds. The molecule has 4 rings (SSSR count). The van der Waals surface area contributed by atoms with Crippen LogP contribution in [0.25, 0.3) is 11.0 Å². The van der Waals surface area contributed by atoms with Crippen molar-refractivity contribution in [3.8, 4) is 5.88 Å². The first-order valence-corrected chi connectivity index (χ1v) is 9.80. The van der Waals surface area contributed by atoms with Gasteiger partial charge in [-0.05, 0) is 31.4 Å². The number of nitrogens with zero attached hydrogens (tertiary/aromatic N) is 5. The van der Waals surface area contributed by atoms with E-state index in [-0.39, 0.29) is 12.0 Å². The Kier molecular flexibility index (Phi) is 5.20. The minimum absolute atomic E-state index is 0.0738. The molecule has 0 aliphatic carbocycles. The first-order chi connectivity index (χ1) is 14.1. The first-order valence-electron chi connectivity index (χ1n) is 9.80. The fourth-order valence-electron chi connectivity index (χ4n) is 3.45. The number of ether oxygens (including phenoxy) is 1. The SMILES string of the molecule is C=CC(=O)N1CC[C@H](C)[C@@H](Oc2nc(Nc3cnn(CC)c3)nc3[nH]ccc23)C1. The predicted molar refractivity (Wildman–Crippen MR) is 110 cm³/mol. The standard InChI is InChI=1S/C20H25N7O2/c1-4-17(28)26-9-7-13(3)16(12-26)29-19-15-6-8-21-18(15)24-20(25-19)23-14-10-22-27(5-2)11-14/h4,6,8,10-11,13,16H,1,5,7,9,12H2,2-3H3,(H2,21,23,24,25)/t13-,16-/m0/s1. The summed E-state index contributed by atoms with van der Waals surface area (Å²) in [7, 11) is 0. The lowest BCUT2D eigenvalue weighted by Crippen LogP contribution is -2.47. The smallest absolute Gasteiger partial charge is 0.246 e. The Morgan fingerprint density at radius 3 is 3.10 bits per heavy atom. The number of amides is 1. The van der Waals surface area contributed by atoms with Crippen LogP contribution in [0, 0.1) is 5.92 Å². The number of nitrogens with one attached hydrogen (secondary N) is 2. The number of hydrogen-bond donors (Lipinski definition) is 2. The van der Waals surface area contributed by atoms with E-state index in [1.165, 1.54) is 6.08 Å². The van der Waals surface area contributed by atoms with Gasteiger partial charge in [-0.15, -0.1) is 0 Å². The number of aromatic nitrogens is 5. The summed E-state index contributed by atoms with van der Waals surface area (Å²) in [5.74, 6) is 1.14. The Hall–Kier alpha value is -3.36. The van der Waals surface area contributed by atoms with Gasteiger partial charge in [-0.3, -0.25) is 9.48 Å². The van der Waals surface area contributed by atoms with Gasteiger partial charge in [-0.1, -0.05) is 13.5 Å². The van der Waals surface area contributed by atoms with Crippen LogP contribution in [-0.2, 0) is 11.3 Å². The van der Waals surface area contributed by atoms with Gasteiger partial charge >= 0.3 is 0 Å². The Morgan fingerprint density at radius 1 is 1.48 bits per heavy atom. The Labute approximate surface area is 168 Å². The molecule has 3 aromatic heterocycles. The fourth-order valence-corrected chi connectivity index (χ4v) is 3.45. The average Bonchev–Trinajstić information content (AvgIpc) is 3.38. The van der Waals surface area contributed by atoms with Gasteiger partial charge < -0.3 is 19.9 Å². The van der Waals surface area contributed by atoms with Crippen LogP contribution in [0.15, 0.2) is 37.3 Å². The molecule has 1 aliphatic heterocycles. The highest BCUT2D eigenvalue weighted by Crippen LogP contribution is 2.29. The van der Waals surface area contributed by atoms with E-state index >= 15 is 0 Å². The summed E-state index contributed by atoms with van der Waals surface area (Å²) in [6, 6.07) is 1.89. The van der Waals surface area contributed by atoms with Crippen LogP contribution in [0.5, 0.6) is 5.88 Å². The molecule has 1 fully saturated rings. The number of hydrogen-bond acceptors (Lipinski definition) is 6. The molecule has 0 aromatic carbocycles. The molecule has 152 valence electrons. The zero-order valence-corrected chi connectivity index (χ0v) is 16.6. The number of aromatic amines is 1. The third kappa shape index (κ3) is 3.94. The van der Waals surface area contributed by atoms with Crippen molar-refractivity contribution in [3.05, 3.63) is 37.3 Å². The van der Waals surface area contributed by atoms with Gasteiger partial charge in [-0.2, -0.15) is 15.1 Å². The fraction of sp³-hybridized carbons (Fsp3) is 0.400. The van der Waals surface area contributed by atoms with Crippen molar-refractivity contribution in [3.63, 3.8) is 0 Å². The highest BCUT2D eigenvalue weighted by atomic mass is 16.5. The third-order valence-electron chi connectivity index (χ3n) is 5.23. The molecule has 3 aromatic rings. The Bertz CT molecular complexity index is 1020. The number of piperidine rings is 1. The molecular weight excluding hydrogens is 370 g/mol. The van der Waals surface area contributed by atoms with Gasteiger partial charge in [0, 0.05) is 25.5 Å². The molecule has 1 saturated heterocycles. The van der Waals surface area contributed by atoms with E-state index in [1.54, 1.807) is 11.1 Å². The number of anilines is 2. The van der Waals surface area contributed by atoms with E-state index in [2.05, 4.69) is 38.9 Å². The summed E-state index contributed by atoms with van der Waals surface area (Å²) in [6.45, 7) is 9.75. The van der Waals surface area contributed by atoms with E-state index in [4.69, 9.17) is 4.74 Å². The maximum absolute atomic E-state index is 12.0. The van der Waals surface area contributed by atoms with Crippen molar-refractivity contribution in [2.75, 3.05) is 18.4 Å². The van der Waals surface area contributed by atoms with E-state index in [0.29, 0.717) is 36.5 Å². The monoisotopic (exact) mass is 395 g/mol. The molecule has 9 heteroatoms. The summed E-state index contributed by atoms with van der Waals surface area (Å²) in [4.78, 5) is 26.0. The number of rotatable bonds is 6. The van der Waals surface area contributed by atoms with Gasteiger partial charge in [-0.25, -0.2) is 0 Å². The summed E-state index contributed by atoms with van der Waals surface area (Å²) in [6.07, 6.45) is 7.49. The van der Waals surface area contributed by atoms with Crippen molar-refractivity contribution in [1.82, 2.24) is 29.6 Å². The van der Waals surface area contributed by atoms with E-state index in [0.717, 1.165) is 24.0 Å². The maximum atomic E-state index is 12.0. The van der Waals surface area contributed by atoms with Crippen LogP contribution in [0.2, 0.25) is 0 Å². The normalized spacial score (nSPS) is 19.3. The molecule has 0 saturated carbocycles. The summed E-state index contributed by atoms with van der Waals surface area (Å²) >= 11 is 0. The molecule has 2 N–H and O–H groups in total. The molecule has 29 heavy (non-hydrogen) atoms. The Morgan fingerprint density at radius 2 is 2.34 bits per heavy atom. The van der Waals surface area contributed by atoms with Gasteiger partial charge in [0.05, 0.1) is 23.8 Å². The topological polar surface area (TPSA) is 101 Å². The van der Waals surface area contributed by atoms with Gasteiger partial charge in [0.2, 0.25) is 17.7 Å². The molecule has 0 bridgehead atoms. The zero-order valence-electron chi connectivity index (χ0n) is 16.6. The van der Waals surface area contributed by atoms with Gasteiger partial charge in [0.25, 0.3) is 0 Å². The zero-order chi connectivity index (χ0) is 20.4. The molecule has 2 atom stereocenters. The third-order valence-corrected chi connectivity index (χ3v) is 5.23. The maximum Gasteiger partial charge on any atom is 0.246 e. The van der Waals surface area contributed by atoms with Crippen molar-refractivity contribution < 1.29 is 9.53 Å². The number of aryl methyl sites for hydroxylation is 1. The number of carbonyl (C=O) groups excluding carboxylic acids is 1. The minimum Gasteiger partial charge on any atom is -0.472 e. The van der Waals surface area contributed by atoms with Crippen LogP contribution in [0.4, 0.5) is 11.6 Å². The van der Waals surface area contributed by atoms with Crippen molar-refractivity contribution in [1.29, 1.82) is 0 Å². The van der Waals surface area contributed by atoms with Crippen molar-refractivity contribution in [2.45, 2.75) is 32.9 Å². The second kappa shape index (κ2) is 7.94. The molecule has 4 heterocycles. The molecule has 1 aliphatic rings. The number of fused-ring (bicyclic) bond motifs is 1. The van der Waals surface area contributed by atoms with Gasteiger partial charge in [0.15, 0.2) is 0 Å². The van der Waals surface area contributed by atoms with Crippen LogP contribution >= 0.6 is 0 Å². The van der Waals surface area contributed by atoms with E-state index in [1.807, 2.05) is 30.1 Å². The molecule has 0 radical (unpaired) electrons. The molecule has 9 nitrogen and oxygen atoms in total. The van der Waals surface area contributed by atoms with Crippen molar-refractivity contribution in [2.24, 2.45) is 5.92 Å². The molecule has 0 unspecified atom stereocenters. The number of likely N-dealkylation sites (tertiary alicyclic amines) is 1. The summed E-state index contributed by atoms with van der Waals surface area (Å²) in [5, 5.41) is 8.24. The first kappa shape index (κ1) is 19.0. The average molecular weight is 395 g/mol. The van der Waals surface area contributed by atoms with Crippen LogP contribution in [0.3, 0.4) is 0 Å². The largest absolute Gasteiger partial charge is 0.472 e.